The molecule has 1 N–H and O–H groups in total. The van der Waals surface area contributed by atoms with Gasteiger partial charge >= 0.3 is 6.09 Å². The Morgan fingerprint density at radius 3 is 2.55 bits per heavy atom. The average molecular weight is 276 g/mol. The second-order valence-corrected chi connectivity index (χ2v) is 5.84. The van der Waals surface area contributed by atoms with Crippen LogP contribution in [0.5, 0.6) is 0 Å². The van der Waals surface area contributed by atoms with Crippen molar-refractivity contribution in [2.24, 2.45) is 0 Å². The number of benzene rings is 1. The molecule has 0 saturated carbocycles. The van der Waals surface area contributed by atoms with E-state index in [1.165, 1.54) is 5.01 Å². The monoisotopic (exact) mass is 276 g/mol. The zero-order chi connectivity index (χ0) is 14.8. The smallest absolute Gasteiger partial charge is 0.426 e. The summed E-state index contributed by atoms with van der Waals surface area (Å²) in [6, 6.07) is 9.54. The number of nitrogens with zero attached hydrogens (tertiary/aromatic N) is 1. The lowest BCUT2D eigenvalue weighted by molar-refractivity contribution is -0.132. The fraction of sp³-hybridized carbons (Fsp3) is 0.467. The van der Waals surface area contributed by atoms with Gasteiger partial charge in [-0.05, 0) is 32.8 Å². The first-order valence-electron chi connectivity index (χ1n) is 6.73. The molecule has 1 aromatic rings. The van der Waals surface area contributed by atoms with Crippen LogP contribution in [-0.2, 0) is 9.53 Å². The minimum atomic E-state index is -0.603. The summed E-state index contributed by atoms with van der Waals surface area (Å²) in [4.78, 5) is 23.7. The van der Waals surface area contributed by atoms with Crippen molar-refractivity contribution < 1.29 is 14.3 Å². The summed E-state index contributed by atoms with van der Waals surface area (Å²) in [5, 5.41) is 1.38. The summed E-state index contributed by atoms with van der Waals surface area (Å²) in [6.45, 7) is 5.35. The molecule has 2 rings (SSSR count). The van der Waals surface area contributed by atoms with E-state index in [9.17, 15) is 9.59 Å². The van der Waals surface area contributed by atoms with E-state index in [1.54, 1.807) is 20.8 Å². The van der Waals surface area contributed by atoms with Crippen molar-refractivity contribution in [1.29, 1.82) is 0 Å². The highest BCUT2D eigenvalue weighted by Gasteiger charge is 2.34. The van der Waals surface area contributed by atoms with E-state index in [0.29, 0.717) is 12.8 Å². The van der Waals surface area contributed by atoms with Gasteiger partial charge in [-0.1, -0.05) is 30.3 Å². The fourth-order valence-corrected chi connectivity index (χ4v) is 2.21. The molecule has 0 aromatic heterocycles. The van der Waals surface area contributed by atoms with Crippen molar-refractivity contribution in [3.05, 3.63) is 35.9 Å². The van der Waals surface area contributed by atoms with Crippen molar-refractivity contribution in [3.63, 3.8) is 0 Å². The molecule has 0 spiro atoms. The van der Waals surface area contributed by atoms with Crippen molar-refractivity contribution in [2.45, 2.75) is 45.3 Å². The number of carbonyl (C=O) groups excluding carboxylic acids is 2. The van der Waals surface area contributed by atoms with E-state index < -0.39 is 11.7 Å². The Labute approximate surface area is 118 Å². The van der Waals surface area contributed by atoms with E-state index in [-0.39, 0.29) is 11.9 Å². The van der Waals surface area contributed by atoms with Crippen LogP contribution in [0.25, 0.3) is 0 Å². The molecule has 1 aliphatic rings. The van der Waals surface area contributed by atoms with Gasteiger partial charge in [0.2, 0.25) is 5.91 Å². The maximum Gasteiger partial charge on any atom is 0.426 e. The molecule has 108 valence electrons. The summed E-state index contributed by atoms with van der Waals surface area (Å²) in [7, 11) is 0. The van der Waals surface area contributed by atoms with Gasteiger partial charge in [0, 0.05) is 6.42 Å². The quantitative estimate of drug-likeness (QED) is 0.903. The van der Waals surface area contributed by atoms with Gasteiger partial charge < -0.3 is 4.74 Å². The zero-order valence-electron chi connectivity index (χ0n) is 12.1. The van der Waals surface area contributed by atoms with Crippen molar-refractivity contribution in [3.8, 4) is 0 Å². The Hall–Kier alpha value is -2.04. The molecular weight excluding hydrogens is 256 g/mol. The normalized spacial score (nSPS) is 19.1. The topological polar surface area (TPSA) is 58.6 Å². The highest BCUT2D eigenvalue weighted by molar-refractivity contribution is 5.81. The summed E-state index contributed by atoms with van der Waals surface area (Å²) >= 11 is 0. The lowest BCUT2D eigenvalue weighted by Crippen LogP contribution is -2.46. The molecule has 1 heterocycles. The molecule has 5 nitrogen and oxygen atoms in total. The van der Waals surface area contributed by atoms with Crippen LogP contribution < -0.4 is 5.43 Å². The molecular formula is C15H20N2O3. The third kappa shape index (κ3) is 3.50. The van der Waals surface area contributed by atoms with Crippen LogP contribution >= 0.6 is 0 Å². The molecule has 1 unspecified atom stereocenters. The van der Waals surface area contributed by atoms with Crippen LogP contribution in [0, 0.1) is 0 Å². The fourth-order valence-electron chi connectivity index (χ4n) is 2.21. The lowest BCUT2D eigenvalue weighted by atomic mass is 10.1. The van der Waals surface area contributed by atoms with Crippen LogP contribution in [-0.4, -0.2) is 22.6 Å². The Morgan fingerprint density at radius 1 is 1.30 bits per heavy atom. The molecule has 2 amide bonds. The van der Waals surface area contributed by atoms with E-state index in [1.807, 2.05) is 30.3 Å². The van der Waals surface area contributed by atoms with Gasteiger partial charge in [-0.3, -0.25) is 4.79 Å². The molecule has 1 aromatic carbocycles. The molecule has 0 bridgehead atoms. The standard InChI is InChI=1S/C15H20N2O3/c1-15(2,3)20-14(19)16-17-12(9-10-13(17)18)11-7-5-4-6-8-11/h4-8,12H,9-10H2,1-3H3,(H,16,19). The van der Waals surface area contributed by atoms with Gasteiger partial charge in [0.25, 0.3) is 0 Å². The van der Waals surface area contributed by atoms with Crippen molar-refractivity contribution >= 4 is 12.0 Å². The Kier molecular flexibility index (Phi) is 3.97. The number of ether oxygens (including phenoxy) is 1. The molecule has 1 saturated heterocycles. The maximum atomic E-state index is 11.9. The molecule has 1 atom stereocenters. The second-order valence-electron chi connectivity index (χ2n) is 5.84. The maximum absolute atomic E-state index is 11.9. The number of rotatable bonds is 2. The summed E-state index contributed by atoms with van der Waals surface area (Å²) in [6.07, 6.45) is 0.516. The van der Waals surface area contributed by atoms with Crippen LogP contribution in [0.15, 0.2) is 30.3 Å². The summed E-state index contributed by atoms with van der Waals surface area (Å²) < 4.78 is 5.19. The van der Waals surface area contributed by atoms with Crippen LogP contribution in [0.2, 0.25) is 0 Å². The van der Waals surface area contributed by atoms with Gasteiger partial charge in [-0.2, -0.15) is 0 Å². The summed E-state index contributed by atoms with van der Waals surface area (Å²) in [5.41, 5.74) is 2.98. The van der Waals surface area contributed by atoms with Crippen LogP contribution in [0.4, 0.5) is 4.79 Å². The number of amides is 2. The lowest BCUT2D eigenvalue weighted by Gasteiger charge is -2.27. The molecule has 0 radical (unpaired) electrons. The molecule has 5 heteroatoms. The highest BCUT2D eigenvalue weighted by atomic mass is 16.6. The number of hydrogen-bond acceptors (Lipinski definition) is 3. The van der Waals surface area contributed by atoms with E-state index in [2.05, 4.69) is 5.43 Å². The number of hydrazine groups is 1. The van der Waals surface area contributed by atoms with E-state index in [0.717, 1.165) is 5.56 Å². The number of nitrogens with one attached hydrogen (secondary N) is 1. The average Bonchev–Trinajstić information content (AvgIpc) is 2.70. The van der Waals surface area contributed by atoms with Gasteiger partial charge in [0.1, 0.15) is 5.60 Å². The first-order chi connectivity index (χ1) is 9.37. The number of carbonyl (C=O) groups is 2. The second kappa shape index (κ2) is 5.53. The Morgan fingerprint density at radius 2 is 1.95 bits per heavy atom. The Bertz CT molecular complexity index is 494. The first kappa shape index (κ1) is 14.4. The first-order valence-corrected chi connectivity index (χ1v) is 6.73. The van der Waals surface area contributed by atoms with E-state index in [4.69, 9.17) is 4.74 Å². The molecule has 1 aliphatic heterocycles. The minimum absolute atomic E-state index is 0.0929. The molecule has 0 aliphatic carbocycles. The zero-order valence-corrected chi connectivity index (χ0v) is 12.1. The van der Waals surface area contributed by atoms with Gasteiger partial charge in [-0.25, -0.2) is 15.2 Å². The summed E-state index contributed by atoms with van der Waals surface area (Å²) in [5.74, 6) is -0.0929. The molecule has 1 fully saturated rings. The predicted octanol–water partition coefficient (Wildman–Crippen LogP) is 2.79. The van der Waals surface area contributed by atoms with Crippen molar-refractivity contribution in [1.82, 2.24) is 10.4 Å². The third-order valence-electron chi connectivity index (χ3n) is 3.01. The van der Waals surface area contributed by atoms with Crippen LogP contribution in [0.3, 0.4) is 0 Å². The number of hydrogen-bond donors (Lipinski definition) is 1. The SMILES string of the molecule is CC(C)(C)OC(=O)NN1C(=O)CCC1c1ccccc1. The van der Waals surface area contributed by atoms with E-state index >= 15 is 0 Å². The minimum Gasteiger partial charge on any atom is -0.443 e. The predicted molar refractivity (Wildman–Crippen MR) is 74.6 cm³/mol. The van der Waals surface area contributed by atoms with Crippen molar-refractivity contribution in [2.75, 3.05) is 0 Å². The Balaban J connectivity index is 2.08. The van der Waals surface area contributed by atoms with Gasteiger partial charge in [-0.15, -0.1) is 0 Å². The van der Waals surface area contributed by atoms with Gasteiger partial charge in [0.05, 0.1) is 6.04 Å². The highest BCUT2D eigenvalue weighted by Crippen LogP contribution is 2.31. The third-order valence-corrected chi connectivity index (χ3v) is 3.01. The largest absolute Gasteiger partial charge is 0.443 e. The molecule has 20 heavy (non-hydrogen) atoms. The van der Waals surface area contributed by atoms with Crippen LogP contribution in [0.1, 0.15) is 45.2 Å². The van der Waals surface area contributed by atoms with Gasteiger partial charge in [0.15, 0.2) is 0 Å².